The Labute approximate surface area is 126 Å². The van der Waals surface area contributed by atoms with Crippen LogP contribution in [0.5, 0.6) is 0 Å². The zero-order valence-corrected chi connectivity index (χ0v) is 12.4. The molecule has 0 saturated heterocycles. The molecule has 1 fully saturated rings. The Balaban J connectivity index is 1.85. The second kappa shape index (κ2) is 7.64. The molecule has 1 aromatic carbocycles. The van der Waals surface area contributed by atoms with Crippen LogP contribution in [-0.2, 0) is 9.53 Å². The fourth-order valence-corrected chi connectivity index (χ4v) is 2.88. The summed E-state index contributed by atoms with van der Waals surface area (Å²) in [7, 11) is 0. The minimum Gasteiger partial charge on any atom is -0.463 e. The van der Waals surface area contributed by atoms with Crippen molar-refractivity contribution in [1.82, 2.24) is 0 Å². The van der Waals surface area contributed by atoms with Crippen molar-refractivity contribution in [2.45, 2.75) is 38.5 Å². The van der Waals surface area contributed by atoms with E-state index < -0.39 is 0 Å². The van der Waals surface area contributed by atoms with E-state index in [4.69, 9.17) is 10.00 Å². The first-order valence-corrected chi connectivity index (χ1v) is 7.58. The Bertz CT molecular complexity index is 531. The number of rotatable bonds is 4. The third-order valence-corrected chi connectivity index (χ3v) is 4.07. The Morgan fingerprint density at radius 2 is 1.95 bits per heavy atom. The maximum Gasteiger partial charge on any atom is 0.330 e. The van der Waals surface area contributed by atoms with Crippen molar-refractivity contribution in [3.05, 3.63) is 47.5 Å². The van der Waals surface area contributed by atoms with Crippen molar-refractivity contribution >= 4 is 5.97 Å². The van der Waals surface area contributed by atoms with E-state index in [0.29, 0.717) is 24.0 Å². The normalized spacial score (nSPS) is 21.9. The summed E-state index contributed by atoms with van der Waals surface area (Å²) in [6.07, 6.45) is 8.01. The predicted octanol–water partition coefficient (Wildman–Crippen LogP) is 3.95. The summed E-state index contributed by atoms with van der Waals surface area (Å²) < 4.78 is 4.89. The van der Waals surface area contributed by atoms with Crippen LogP contribution in [0.3, 0.4) is 0 Å². The van der Waals surface area contributed by atoms with Gasteiger partial charge in [-0.15, -0.1) is 0 Å². The third kappa shape index (κ3) is 4.46. The summed E-state index contributed by atoms with van der Waals surface area (Å²) in [5.74, 6) is 0.806. The van der Waals surface area contributed by atoms with E-state index in [2.05, 4.69) is 18.2 Å². The maximum absolute atomic E-state index is 11.3. The molecule has 1 saturated carbocycles. The van der Waals surface area contributed by atoms with E-state index in [-0.39, 0.29) is 5.97 Å². The minimum absolute atomic E-state index is 0.244. The number of nitrogens with zero attached hydrogens (tertiary/aromatic N) is 1. The Morgan fingerprint density at radius 1 is 1.29 bits per heavy atom. The highest BCUT2D eigenvalue weighted by Crippen LogP contribution is 2.36. The molecule has 110 valence electrons. The summed E-state index contributed by atoms with van der Waals surface area (Å²) in [5, 5.41) is 8.82. The van der Waals surface area contributed by atoms with E-state index in [1.165, 1.54) is 5.56 Å². The van der Waals surface area contributed by atoms with Crippen LogP contribution < -0.4 is 0 Å². The van der Waals surface area contributed by atoms with E-state index in [1.54, 1.807) is 6.08 Å². The van der Waals surface area contributed by atoms with Crippen molar-refractivity contribution < 1.29 is 9.53 Å². The topological polar surface area (TPSA) is 50.1 Å². The molecule has 1 aliphatic rings. The first-order valence-electron chi connectivity index (χ1n) is 7.58. The van der Waals surface area contributed by atoms with E-state index in [1.807, 2.05) is 25.1 Å². The van der Waals surface area contributed by atoms with Gasteiger partial charge in [0.1, 0.15) is 0 Å². The van der Waals surface area contributed by atoms with Crippen molar-refractivity contribution in [1.29, 1.82) is 5.26 Å². The molecule has 0 spiro atoms. The SMILES string of the molecule is CCOC(=O)/C=C/C1CCC(c2ccc(C#N)cc2)CC1. The third-order valence-electron chi connectivity index (χ3n) is 4.07. The fraction of sp³-hybridized carbons (Fsp3) is 0.444. The van der Waals surface area contributed by atoms with Gasteiger partial charge in [-0.05, 0) is 62.1 Å². The number of ether oxygens (including phenoxy) is 1. The molecule has 3 nitrogen and oxygen atoms in total. The molecule has 0 N–H and O–H groups in total. The Hall–Kier alpha value is -2.08. The lowest BCUT2D eigenvalue weighted by Crippen LogP contribution is -2.12. The van der Waals surface area contributed by atoms with Crippen LogP contribution in [-0.4, -0.2) is 12.6 Å². The molecule has 0 atom stereocenters. The highest BCUT2D eigenvalue weighted by atomic mass is 16.5. The number of benzene rings is 1. The van der Waals surface area contributed by atoms with Crippen LogP contribution in [0.25, 0.3) is 0 Å². The van der Waals surface area contributed by atoms with Gasteiger partial charge in [0.15, 0.2) is 0 Å². The molecular weight excluding hydrogens is 262 g/mol. The second-order valence-corrected chi connectivity index (χ2v) is 5.46. The summed E-state index contributed by atoms with van der Waals surface area (Å²) in [5.41, 5.74) is 2.03. The lowest BCUT2D eigenvalue weighted by atomic mass is 9.78. The minimum atomic E-state index is -0.244. The number of esters is 1. The molecule has 0 amide bonds. The number of nitriles is 1. The van der Waals surface area contributed by atoms with Gasteiger partial charge < -0.3 is 4.74 Å². The summed E-state index contributed by atoms with van der Waals surface area (Å²) in [4.78, 5) is 11.3. The monoisotopic (exact) mass is 283 g/mol. The van der Waals surface area contributed by atoms with Gasteiger partial charge in [0.05, 0.1) is 18.2 Å². The van der Waals surface area contributed by atoms with E-state index in [0.717, 1.165) is 25.7 Å². The molecule has 0 heterocycles. The van der Waals surface area contributed by atoms with Gasteiger partial charge in [-0.1, -0.05) is 18.2 Å². The Morgan fingerprint density at radius 3 is 2.52 bits per heavy atom. The average Bonchev–Trinajstić information content (AvgIpc) is 2.54. The summed E-state index contributed by atoms with van der Waals surface area (Å²) >= 11 is 0. The average molecular weight is 283 g/mol. The fourth-order valence-electron chi connectivity index (χ4n) is 2.88. The lowest BCUT2D eigenvalue weighted by molar-refractivity contribution is -0.137. The van der Waals surface area contributed by atoms with Gasteiger partial charge in [-0.2, -0.15) is 5.26 Å². The highest BCUT2D eigenvalue weighted by molar-refractivity contribution is 5.81. The largest absolute Gasteiger partial charge is 0.463 e. The highest BCUT2D eigenvalue weighted by Gasteiger charge is 2.21. The van der Waals surface area contributed by atoms with E-state index >= 15 is 0 Å². The van der Waals surface area contributed by atoms with Gasteiger partial charge >= 0.3 is 5.97 Å². The lowest BCUT2D eigenvalue weighted by Gasteiger charge is -2.27. The Kier molecular flexibility index (Phi) is 5.57. The maximum atomic E-state index is 11.3. The molecule has 0 unspecified atom stereocenters. The molecule has 1 aliphatic carbocycles. The molecule has 1 aromatic rings. The first-order chi connectivity index (χ1) is 10.2. The molecule has 3 heteroatoms. The predicted molar refractivity (Wildman–Crippen MR) is 81.6 cm³/mol. The number of allylic oxidation sites excluding steroid dienone is 1. The zero-order valence-electron chi connectivity index (χ0n) is 12.4. The van der Waals surface area contributed by atoms with Crippen LogP contribution >= 0.6 is 0 Å². The van der Waals surface area contributed by atoms with Crippen LogP contribution in [0.1, 0.15) is 49.7 Å². The zero-order chi connectivity index (χ0) is 15.1. The van der Waals surface area contributed by atoms with Crippen LogP contribution in [0.4, 0.5) is 0 Å². The standard InChI is InChI=1S/C18H21NO2/c1-2-21-18(20)12-7-14-3-8-16(9-4-14)17-10-5-15(13-19)6-11-17/h5-7,10-12,14,16H,2-4,8-9H2,1H3/b12-7+. The molecule has 0 bridgehead atoms. The van der Waals surface area contributed by atoms with Gasteiger partial charge in [0, 0.05) is 6.08 Å². The molecule has 21 heavy (non-hydrogen) atoms. The summed E-state index contributed by atoms with van der Waals surface area (Å²) in [6.45, 7) is 2.24. The number of hydrogen-bond acceptors (Lipinski definition) is 3. The van der Waals surface area contributed by atoms with E-state index in [9.17, 15) is 4.79 Å². The molecule has 0 radical (unpaired) electrons. The molecule has 0 aliphatic heterocycles. The first kappa shape index (κ1) is 15.3. The second-order valence-electron chi connectivity index (χ2n) is 5.46. The van der Waals surface area contributed by atoms with Gasteiger partial charge in [0.25, 0.3) is 0 Å². The van der Waals surface area contributed by atoms with Gasteiger partial charge in [-0.25, -0.2) is 4.79 Å². The van der Waals surface area contributed by atoms with Crippen molar-refractivity contribution in [2.75, 3.05) is 6.61 Å². The van der Waals surface area contributed by atoms with Crippen molar-refractivity contribution in [3.63, 3.8) is 0 Å². The molecule has 2 rings (SSSR count). The van der Waals surface area contributed by atoms with Gasteiger partial charge in [-0.3, -0.25) is 0 Å². The molecular formula is C18H21NO2. The summed E-state index contributed by atoms with van der Waals surface area (Å²) in [6, 6.07) is 10.1. The number of hydrogen-bond donors (Lipinski definition) is 0. The number of carbonyl (C=O) groups excluding carboxylic acids is 1. The quantitative estimate of drug-likeness (QED) is 0.621. The van der Waals surface area contributed by atoms with Crippen LogP contribution in [0.2, 0.25) is 0 Å². The smallest absolute Gasteiger partial charge is 0.330 e. The molecule has 0 aromatic heterocycles. The van der Waals surface area contributed by atoms with Crippen molar-refractivity contribution in [3.8, 4) is 6.07 Å². The van der Waals surface area contributed by atoms with Crippen LogP contribution in [0, 0.1) is 17.2 Å². The number of carbonyl (C=O) groups is 1. The van der Waals surface area contributed by atoms with Crippen molar-refractivity contribution in [2.24, 2.45) is 5.92 Å². The van der Waals surface area contributed by atoms with Crippen LogP contribution in [0.15, 0.2) is 36.4 Å². The van der Waals surface area contributed by atoms with Gasteiger partial charge in [0.2, 0.25) is 0 Å².